The van der Waals surface area contributed by atoms with Crippen molar-refractivity contribution in [3.63, 3.8) is 0 Å². The molecule has 1 aromatic rings. The fourth-order valence-electron chi connectivity index (χ4n) is 0.929. The van der Waals surface area contributed by atoms with E-state index in [-0.39, 0.29) is 7.33 Å². The summed E-state index contributed by atoms with van der Waals surface area (Å²) in [5.74, 6) is 0.0700. The highest BCUT2D eigenvalue weighted by Gasteiger charge is 1.96. The Labute approximate surface area is 79.7 Å². The van der Waals surface area contributed by atoms with E-state index in [9.17, 15) is 4.79 Å². The van der Waals surface area contributed by atoms with E-state index in [2.05, 4.69) is 10.3 Å². The van der Waals surface area contributed by atoms with E-state index in [1.807, 2.05) is 26.0 Å². The minimum absolute atomic E-state index is 0. The molecule has 0 atom stereocenters. The number of carbonyl (C=O) groups excluding carboxylic acids is 1. The highest BCUT2D eigenvalue weighted by atomic mass is 16.1. The fraction of sp³-hybridized carbons (Fsp3) is 0.400. The molecule has 1 heterocycles. The molecule has 3 heteroatoms. The quantitative estimate of drug-likeness (QED) is 0.768. The summed E-state index contributed by atoms with van der Waals surface area (Å²) in [7, 11) is 0. The lowest BCUT2D eigenvalue weighted by atomic mass is 10.2. The van der Waals surface area contributed by atoms with E-state index in [1.54, 1.807) is 6.20 Å². The number of carbonyl (C=O) groups is 1. The van der Waals surface area contributed by atoms with Gasteiger partial charge in [0.15, 0.2) is 0 Å². The highest BCUT2D eigenvalue weighted by Crippen LogP contribution is 1.98. The second-order valence-electron chi connectivity index (χ2n) is 2.94. The molecule has 0 bridgehead atoms. The van der Waals surface area contributed by atoms with Crippen molar-refractivity contribution in [2.24, 2.45) is 0 Å². The van der Waals surface area contributed by atoms with Crippen molar-refractivity contribution >= 4 is 5.91 Å². The van der Waals surface area contributed by atoms with Gasteiger partial charge in [0.25, 0.3) is 0 Å². The van der Waals surface area contributed by atoms with E-state index < -0.39 is 0 Å². The zero-order valence-corrected chi connectivity index (χ0v) is 8.00. The molecule has 0 radical (unpaired) electrons. The van der Waals surface area contributed by atoms with Gasteiger partial charge in [-0.15, -0.1) is 0 Å². The maximum absolute atomic E-state index is 10.9. The van der Waals surface area contributed by atoms with Gasteiger partial charge in [-0.1, -0.05) is 13.0 Å². The van der Waals surface area contributed by atoms with Crippen molar-refractivity contribution in [3.05, 3.63) is 29.6 Å². The molecule has 0 spiro atoms. The molecule has 0 aliphatic carbocycles. The Morgan fingerprint density at radius 3 is 2.92 bits per heavy atom. The van der Waals surface area contributed by atoms with Crippen molar-refractivity contribution < 1.29 is 6.22 Å². The standard InChI is InChI=1S/C10H14N2O.H2/c1-3-10(13)12-7-9-5-4-8(2)11-6-9;/h4-6H,3,7H2,1-2H3,(H,12,13);1H. The van der Waals surface area contributed by atoms with Crippen LogP contribution in [0.4, 0.5) is 0 Å². The number of nitrogens with zero attached hydrogens (tertiary/aromatic N) is 1. The molecular formula is C10H16N2O. The molecule has 0 saturated heterocycles. The first-order chi connectivity index (χ1) is 6.22. The lowest BCUT2D eigenvalue weighted by molar-refractivity contribution is -0.120. The summed E-state index contributed by atoms with van der Waals surface area (Å²) < 4.78 is 0. The number of rotatable bonds is 3. The van der Waals surface area contributed by atoms with Crippen LogP contribution in [0.5, 0.6) is 0 Å². The second kappa shape index (κ2) is 4.60. The van der Waals surface area contributed by atoms with Gasteiger partial charge in [0, 0.05) is 26.3 Å². The number of nitrogens with one attached hydrogen (secondary N) is 1. The molecule has 0 unspecified atom stereocenters. The van der Waals surface area contributed by atoms with Gasteiger partial charge < -0.3 is 5.32 Å². The van der Waals surface area contributed by atoms with Gasteiger partial charge in [-0.05, 0) is 18.6 Å². The Morgan fingerprint density at radius 2 is 2.38 bits per heavy atom. The summed E-state index contributed by atoms with van der Waals surface area (Å²) in [6.07, 6.45) is 2.31. The largest absolute Gasteiger partial charge is 0.352 e. The molecule has 1 amide bonds. The SMILES string of the molecule is CCC(=O)NCc1ccc(C)nc1.[HH]. The fourth-order valence-corrected chi connectivity index (χ4v) is 0.929. The Balaban J connectivity index is 0.00000169. The predicted octanol–water partition coefficient (Wildman–Crippen LogP) is 1.66. The summed E-state index contributed by atoms with van der Waals surface area (Å²) in [6, 6.07) is 3.91. The molecule has 0 aliphatic rings. The molecule has 1 rings (SSSR count). The first-order valence-electron chi connectivity index (χ1n) is 4.40. The number of pyridine rings is 1. The molecule has 0 aliphatic heterocycles. The average molecular weight is 180 g/mol. The summed E-state index contributed by atoms with van der Waals surface area (Å²) in [4.78, 5) is 15.1. The average Bonchev–Trinajstić information content (AvgIpc) is 2.16. The summed E-state index contributed by atoms with van der Waals surface area (Å²) in [5, 5.41) is 2.79. The number of amides is 1. The third kappa shape index (κ3) is 3.23. The zero-order valence-electron chi connectivity index (χ0n) is 8.00. The number of aromatic nitrogens is 1. The summed E-state index contributed by atoms with van der Waals surface area (Å²) >= 11 is 0. The number of hydrogen-bond acceptors (Lipinski definition) is 2. The molecule has 0 saturated carbocycles. The highest BCUT2D eigenvalue weighted by molar-refractivity contribution is 5.75. The lowest BCUT2D eigenvalue weighted by Crippen LogP contribution is -2.21. The Bertz CT molecular complexity index is 285. The van der Waals surface area contributed by atoms with Gasteiger partial charge in [0.2, 0.25) is 5.91 Å². The topological polar surface area (TPSA) is 42.0 Å². The molecule has 3 nitrogen and oxygen atoms in total. The molecule has 0 fully saturated rings. The number of aryl methyl sites for hydroxylation is 1. The zero-order chi connectivity index (χ0) is 9.68. The van der Waals surface area contributed by atoms with Gasteiger partial charge in [-0.25, -0.2) is 0 Å². The first kappa shape index (κ1) is 9.71. The van der Waals surface area contributed by atoms with Crippen LogP contribution in [-0.2, 0) is 11.3 Å². The number of hydrogen-bond donors (Lipinski definition) is 1. The van der Waals surface area contributed by atoms with Crippen LogP contribution in [0.3, 0.4) is 0 Å². The van der Waals surface area contributed by atoms with Crippen LogP contribution in [0, 0.1) is 6.92 Å². The minimum Gasteiger partial charge on any atom is -0.352 e. The molecule has 0 aromatic carbocycles. The molecule has 1 N–H and O–H groups in total. The van der Waals surface area contributed by atoms with Crippen LogP contribution in [0.1, 0.15) is 26.0 Å². The van der Waals surface area contributed by atoms with Gasteiger partial charge in [-0.2, -0.15) is 0 Å². The van der Waals surface area contributed by atoms with Gasteiger partial charge in [0.1, 0.15) is 0 Å². The van der Waals surface area contributed by atoms with Crippen LogP contribution in [0.2, 0.25) is 0 Å². The Hall–Kier alpha value is -1.38. The first-order valence-corrected chi connectivity index (χ1v) is 4.40. The maximum Gasteiger partial charge on any atom is 0.219 e. The summed E-state index contributed by atoms with van der Waals surface area (Å²) in [6.45, 7) is 4.34. The normalized spacial score (nSPS) is 9.69. The van der Waals surface area contributed by atoms with Gasteiger partial charge in [-0.3, -0.25) is 9.78 Å². The Morgan fingerprint density at radius 1 is 1.62 bits per heavy atom. The second-order valence-corrected chi connectivity index (χ2v) is 2.94. The van der Waals surface area contributed by atoms with E-state index in [1.165, 1.54) is 0 Å². The minimum atomic E-state index is 0. The van der Waals surface area contributed by atoms with E-state index in [4.69, 9.17) is 0 Å². The van der Waals surface area contributed by atoms with Gasteiger partial charge >= 0.3 is 0 Å². The molecule has 72 valence electrons. The maximum atomic E-state index is 10.9. The third-order valence-electron chi connectivity index (χ3n) is 1.78. The van der Waals surface area contributed by atoms with E-state index in [0.29, 0.717) is 13.0 Å². The third-order valence-corrected chi connectivity index (χ3v) is 1.78. The van der Waals surface area contributed by atoms with E-state index in [0.717, 1.165) is 11.3 Å². The molecular weight excluding hydrogens is 164 g/mol. The van der Waals surface area contributed by atoms with Crippen LogP contribution >= 0.6 is 0 Å². The van der Waals surface area contributed by atoms with Crippen molar-refractivity contribution in [3.8, 4) is 0 Å². The van der Waals surface area contributed by atoms with Crippen LogP contribution in [0.25, 0.3) is 0 Å². The monoisotopic (exact) mass is 180 g/mol. The van der Waals surface area contributed by atoms with Crippen LogP contribution in [0.15, 0.2) is 18.3 Å². The van der Waals surface area contributed by atoms with Crippen molar-refractivity contribution in [1.29, 1.82) is 0 Å². The van der Waals surface area contributed by atoms with Gasteiger partial charge in [0.05, 0.1) is 0 Å². The van der Waals surface area contributed by atoms with Crippen molar-refractivity contribution in [2.45, 2.75) is 26.8 Å². The molecule has 1 aromatic heterocycles. The van der Waals surface area contributed by atoms with Crippen LogP contribution in [-0.4, -0.2) is 10.9 Å². The van der Waals surface area contributed by atoms with Crippen LogP contribution < -0.4 is 5.32 Å². The van der Waals surface area contributed by atoms with Crippen molar-refractivity contribution in [2.75, 3.05) is 0 Å². The summed E-state index contributed by atoms with van der Waals surface area (Å²) in [5.41, 5.74) is 2.03. The van der Waals surface area contributed by atoms with E-state index >= 15 is 0 Å². The lowest BCUT2D eigenvalue weighted by Gasteiger charge is -2.02. The molecule has 13 heavy (non-hydrogen) atoms. The smallest absolute Gasteiger partial charge is 0.219 e. The van der Waals surface area contributed by atoms with Crippen molar-refractivity contribution in [1.82, 2.24) is 10.3 Å². The predicted molar refractivity (Wildman–Crippen MR) is 53.2 cm³/mol. The Kier molecular flexibility index (Phi) is 3.43.